The normalized spacial score (nSPS) is 11.0. The molecule has 0 atom stereocenters. The summed E-state index contributed by atoms with van der Waals surface area (Å²) < 4.78 is 12.6. The van der Waals surface area contributed by atoms with E-state index in [0.717, 1.165) is 21.8 Å². The van der Waals surface area contributed by atoms with Crippen LogP contribution in [0.3, 0.4) is 0 Å². The fraction of sp³-hybridized carbons (Fsp3) is 0.100. The summed E-state index contributed by atoms with van der Waals surface area (Å²) in [5, 5.41) is 1.85. The molecule has 0 unspecified atom stereocenters. The molecule has 0 bridgehead atoms. The molecule has 2 heterocycles. The van der Waals surface area contributed by atoms with E-state index in [9.17, 15) is 0 Å². The molecule has 4 aromatic rings. The van der Waals surface area contributed by atoms with Crippen LogP contribution in [0, 0.1) is 0 Å². The first-order chi connectivity index (χ1) is 13.6. The maximum atomic E-state index is 6.35. The van der Waals surface area contributed by atoms with E-state index in [2.05, 4.69) is 4.98 Å². The molecule has 0 aliphatic heterocycles. The Morgan fingerprint density at radius 1 is 0.964 bits per heavy atom. The van der Waals surface area contributed by atoms with Crippen LogP contribution in [0.15, 0.2) is 64.9 Å². The van der Waals surface area contributed by atoms with E-state index < -0.39 is 0 Å². The summed E-state index contributed by atoms with van der Waals surface area (Å²) >= 11 is 14.1. The molecule has 0 aliphatic carbocycles. The van der Waals surface area contributed by atoms with Gasteiger partial charge in [0.15, 0.2) is 16.7 Å². The summed E-state index contributed by atoms with van der Waals surface area (Å²) in [6.45, 7) is 0. The minimum Gasteiger partial charge on any atom is -0.493 e. The van der Waals surface area contributed by atoms with Crippen LogP contribution < -0.4 is 9.47 Å². The van der Waals surface area contributed by atoms with Gasteiger partial charge < -0.3 is 9.47 Å². The lowest BCUT2D eigenvalue weighted by molar-refractivity contribution is 0.355. The Bertz CT molecular complexity index is 1140. The number of halogens is 2. The highest BCUT2D eigenvalue weighted by molar-refractivity contribution is 7.99. The van der Waals surface area contributed by atoms with Gasteiger partial charge in [0.25, 0.3) is 0 Å². The molecule has 0 aliphatic rings. The number of imidazole rings is 1. The second-order valence-electron chi connectivity index (χ2n) is 5.80. The number of ether oxygens (including phenoxy) is 2. The van der Waals surface area contributed by atoms with E-state index in [1.165, 1.54) is 11.8 Å². The minimum absolute atomic E-state index is 0.573. The van der Waals surface area contributed by atoms with Gasteiger partial charge in [-0.05, 0) is 42.1 Å². The van der Waals surface area contributed by atoms with Crippen LogP contribution in [0.5, 0.6) is 11.5 Å². The first-order valence-corrected chi connectivity index (χ1v) is 9.86. The Labute approximate surface area is 176 Å². The molecule has 0 saturated heterocycles. The van der Waals surface area contributed by atoms with E-state index in [1.54, 1.807) is 32.5 Å². The summed E-state index contributed by atoms with van der Waals surface area (Å²) in [4.78, 5) is 9.99. The SMILES string of the molecule is COc1ccc(-c2cc3nccn3c(Sc3c(Cl)cccc3Cl)n2)cc1OC. The number of aromatic nitrogens is 3. The van der Waals surface area contributed by atoms with E-state index in [4.69, 9.17) is 37.7 Å². The van der Waals surface area contributed by atoms with Crippen LogP contribution in [0.1, 0.15) is 0 Å². The summed E-state index contributed by atoms with van der Waals surface area (Å²) in [5.41, 5.74) is 2.41. The molecule has 0 amide bonds. The van der Waals surface area contributed by atoms with E-state index in [-0.39, 0.29) is 0 Å². The van der Waals surface area contributed by atoms with Crippen molar-refractivity contribution >= 4 is 40.6 Å². The van der Waals surface area contributed by atoms with Gasteiger partial charge in [0, 0.05) is 24.0 Å². The average Bonchev–Trinajstić information content (AvgIpc) is 3.19. The zero-order valence-corrected chi connectivity index (χ0v) is 17.3. The standard InChI is InChI=1S/C20H15Cl2N3O2S/c1-26-16-7-6-12(10-17(16)27-2)15-11-18-23-8-9-25(18)20(24-15)28-19-13(21)4-3-5-14(19)22/h3-11H,1-2H3. The molecule has 0 N–H and O–H groups in total. The number of fused-ring (bicyclic) bond motifs is 1. The zero-order valence-electron chi connectivity index (χ0n) is 15.0. The van der Waals surface area contributed by atoms with Gasteiger partial charge in [-0.3, -0.25) is 4.40 Å². The van der Waals surface area contributed by atoms with Gasteiger partial charge in [-0.1, -0.05) is 29.3 Å². The van der Waals surface area contributed by atoms with Crippen LogP contribution in [0.2, 0.25) is 10.0 Å². The molecule has 4 rings (SSSR count). The highest BCUT2D eigenvalue weighted by Gasteiger charge is 2.15. The van der Waals surface area contributed by atoms with Crippen LogP contribution in [0.4, 0.5) is 0 Å². The molecule has 28 heavy (non-hydrogen) atoms. The Balaban J connectivity index is 1.84. The van der Waals surface area contributed by atoms with Crippen molar-refractivity contribution in [3.63, 3.8) is 0 Å². The lowest BCUT2D eigenvalue weighted by Crippen LogP contribution is -1.97. The maximum absolute atomic E-state index is 6.35. The minimum atomic E-state index is 0.573. The molecular formula is C20H15Cl2N3O2S. The number of nitrogens with zero attached hydrogens (tertiary/aromatic N) is 3. The Morgan fingerprint density at radius 3 is 2.43 bits per heavy atom. The van der Waals surface area contributed by atoms with Crippen molar-refractivity contribution in [3.05, 3.63) is 64.9 Å². The van der Waals surface area contributed by atoms with Crippen LogP contribution in [-0.4, -0.2) is 28.6 Å². The predicted octanol–water partition coefficient (Wildman–Crippen LogP) is 5.87. The largest absolute Gasteiger partial charge is 0.493 e. The summed E-state index contributed by atoms with van der Waals surface area (Å²) in [5.74, 6) is 1.29. The van der Waals surface area contributed by atoms with Gasteiger partial charge in [0.1, 0.15) is 5.65 Å². The number of hydrogen-bond acceptors (Lipinski definition) is 5. The monoisotopic (exact) mass is 431 g/mol. The number of methoxy groups -OCH3 is 2. The van der Waals surface area contributed by atoms with Gasteiger partial charge in [-0.25, -0.2) is 9.97 Å². The third-order valence-electron chi connectivity index (χ3n) is 4.15. The molecule has 5 nitrogen and oxygen atoms in total. The van der Waals surface area contributed by atoms with Crippen LogP contribution >= 0.6 is 35.0 Å². The van der Waals surface area contributed by atoms with E-state index >= 15 is 0 Å². The molecule has 2 aromatic carbocycles. The summed E-state index contributed by atoms with van der Waals surface area (Å²) in [7, 11) is 3.21. The molecule has 0 saturated carbocycles. The lowest BCUT2D eigenvalue weighted by Gasteiger charge is -2.12. The highest BCUT2D eigenvalue weighted by Crippen LogP contribution is 2.39. The van der Waals surface area contributed by atoms with E-state index in [1.807, 2.05) is 40.9 Å². The Hall–Kier alpha value is -2.41. The summed E-state index contributed by atoms with van der Waals surface area (Å²) in [6.07, 6.45) is 3.58. The maximum Gasteiger partial charge on any atom is 0.179 e. The molecule has 0 radical (unpaired) electrons. The highest BCUT2D eigenvalue weighted by atomic mass is 35.5. The second kappa shape index (κ2) is 7.91. The first-order valence-electron chi connectivity index (χ1n) is 8.29. The van der Waals surface area contributed by atoms with Crippen molar-refractivity contribution in [3.8, 4) is 22.8 Å². The van der Waals surface area contributed by atoms with Crippen LogP contribution in [0.25, 0.3) is 16.9 Å². The molecule has 142 valence electrons. The van der Waals surface area contributed by atoms with Crippen molar-refractivity contribution in [1.29, 1.82) is 0 Å². The van der Waals surface area contributed by atoms with Crippen molar-refractivity contribution < 1.29 is 9.47 Å². The molecule has 2 aromatic heterocycles. The molecule has 0 spiro atoms. The number of rotatable bonds is 5. The fourth-order valence-corrected chi connectivity index (χ4v) is 4.32. The van der Waals surface area contributed by atoms with Gasteiger partial charge in [0.05, 0.1) is 34.9 Å². The zero-order chi connectivity index (χ0) is 19.7. The first kappa shape index (κ1) is 18.9. The second-order valence-corrected chi connectivity index (χ2v) is 7.59. The number of benzene rings is 2. The molecule has 8 heteroatoms. The van der Waals surface area contributed by atoms with Gasteiger partial charge >= 0.3 is 0 Å². The smallest absolute Gasteiger partial charge is 0.179 e. The van der Waals surface area contributed by atoms with Crippen molar-refractivity contribution in [2.75, 3.05) is 14.2 Å². The number of hydrogen-bond donors (Lipinski definition) is 0. The third-order valence-corrected chi connectivity index (χ3v) is 6.12. The molecule has 0 fully saturated rings. The lowest BCUT2D eigenvalue weighted by atomic mass is 10.1. The van der Waals surface area contributed by atoms with Gasteiger partial charge in [-0.2, -0.15) is 0 Å². The quantitative estimate of drug-likeness (QED) is 0.369. The topological polar surface area (TPSA) is 48.7 Å². The van der Waals surface area contributed by atoms with Crippen molar-refractivity contribution in [2.45, 2.75) is 10.1 Å². The molecular weight excluding hydrogens is 417 g/mol. The van der Waals surface area contributed by atoms with Crippen LogP contribution in [-0.2, 0) is 0 Å². The predicted molar refractivity (Wildman–Crippen MR) is 112 cm³/mol. The Kier molecular flexibility index (Phi) is 5.35. The third kappa shape index (κ3) is 3.51. The fourth-order valence-electron chi connectivity index (χ4n) is 2.78. The van der Waals surface area contributed by atoms with Gasteiger partial charge in [0.2, 0.25) is 0 Å². The Morgan fingerprint density at radius 2 is 1.71 bits per heavy atom. The average molecular weight is 432 g/mol. The van der Waals surface area contributed by atoms with Crippen molar-refractivity contribution in [2.24, 2.45) is 0 Å². The summed E-state index contributed by atoms with van der Waals surface area (Å²) in [6, 6.07) is 13.0. The van der Waals surface area contributed by atoms with Gasteiger partial charge in [-0.15, -0.1) is 0 Å². The van der Waals surface area contributed by atoms with Crippen molar-refractivity contribution in [1.82, 2.24) is 14.4 Å². The van der Waals surface area contributed by atoms with E-state index in [0.29, 0.717) is 26.7 Å².